The fourth-order valence-electron chi connectivity index (χ4n) is 11.7. The first kappa shape index (κ1) is 34.8. The van der Waals surface area contributed by atoms with Gasteiger partial charge in [0.1, 0.15) is 12.7 Å². The second kappa shape index (κ2) is 11.0. The van der Waals surface area contributed by atoms with E-state index in [1.165, 1.54) is 6.92 Å². The summed E-state index contributed by atoms with van der Waals surface area (Å²) in [6.07, 6.45) is 2.16. The topological polar surface area (TPSA) is 134 Å². The zero-order valence-corrected chi connectivity index (χ0v) is 29.4. The lowest BCUT2D eigenvalue weighted by Crippen LogP contribution is -2.76. The van der Waals surface area contributed by atoms with Crippen molar-refractivity contribution in [1.29, 1.82) is 0 Å². The van der Waals surface area contributed by atoms with E-state index in [4.69, 9.17) is 9.47 Å². The smallest absolute Gasteiger partial charge is 0.308 e. The van der Waals surface area contributed by atoms with Gasteiger partial charge in [0.15, 0.2) is 0 Å². The number of carbonyl (C=O) groups is 2. The zero-order chi connectivity index (χ0) is 33.7. The molecule has 5 aliphatic rings. The number of hydrogen-bond donors (Lipinski definition) is 4. The van der Waals surface area contributed by atoms with Crippen molar-refractivity contribution < 1.29 is 39.5 Å². The molecule has 0 spiro atoms. The Balaban J connectivity index is 1.68. The minimum absolute atomic E-state index is 0.0614. The highest BCUT2D eigenvalue weighted by Gasteiger charge is 2.76. The van der Waals surface area contributed by atoms with Crippen LogP contribution in [0.5, 0.6) is 0 Å². The van der Waals surface area contributed by atoms with Crippen LogP contribution in [-0.2, 0) is 19.1 Å². The SMILES string of the molecule is CCC(C)C(=O)OC[C@@]12[C@H](CC(C)(C)[C@@H](O)[C@@H]1OC(C)=O)C1=CC[C@@H]3[C@@]4(C)CC[C@H](O)C(C)(C)[C@@H]4CC[C@@]3(C)[C@]1(C)[C@@H](O)[C@H]2O. The van der Waals surface area contributed by atoms with E-state index in [1.807, 2.05) is 20.8 Å². The van der Waals surface area contributed by atoms with E-state index in [0.717, 1.165) is 37.7 Å². The first-order valence-corrected chi connectivity index (χ1v) is 17.4. The predicted molar refractivity (Wildman–Crippen MR) is 171 cm³/mol. The number of aliphatic hydroxyl groups is 4. The molecule has 256 valence electrons. The molecule has 4 saturated carbocycles. The maximum absolute atomic E-state index is 13.1. The van der Waals surface area contributed by atoms with Gasteiger partial charge in [-0.15, -0.1) is 0 Å². The highest BCUT2D eigenvalue weighted by molar-refractivity contribution is 5.72. The summed E-state index contributed by atoms with van der Waals surface area (Å²) in [4.78, 5) is 25.7. The molecular weight excluding hydrogens is 572 g/mol. The van der Waals surface area contributed by atoms with Crippen molar-refractivity contribution in [3.63, 3.8) is 0 Å². The molecule has 5 aliphatic carbocycles. The predicted octanol–water partition coefficient (Wildman–Crippen LogP) is 5.19. The van der Waals surface area contributed by atoms with Crippen LogP contribution >= 0.6 is 0 Å². The van der Waals surface area contributed by atoms with Crippen LogP contribution in [0.15, 0.2) is 11.6 Å². The summed E-state index contributed by atoms with van der Waals surface area (Å²) in [5.41, 5.74) is -2.59. The molecule has 4 N–H and O–H groups in total. The van der Waals surface area contributed by atoms with Crippen molar-refractivity contribution >= 4 is 11.9 Å². The summed E-state index contributed by atoms with van der Waals surface area (Å²) in [7, 11) is 0. The molecule has 8 nitrogen and oxygen atoms in total. The number of fused-ring (bicyclic) bond motifs is 7. The largest absolute Gasteiger partial charge is 0.465 e. The van der Waals surface area contributed by atoms with E-state index < -0.39 is 58.5 Å². The van der Waals surface area contributed by atoms with Crippen LogP contribution in [0.1, 0.15) is 114 Å². The van der Waals surface area contributed by atoms with E-state index in [9.17, 15) is 30.0 Å². The van der Waals surface area contributed by atoms with Crippen molar-refractivity contribution in [2.45, 2.75) is 145 Å². The second-order valence-corrected chi connectivity index (χ2v) is 17.7. The fourth-order valence-corrected chi connectivity index (χ4v) is 11.7. The van der Waals surface area contributed by atoms with Crippen molar-refractivity contribution in [2.75, 3.05) is 6.61 Å². The molecule has 0 radical (unpaired) electrons. The molecule has 8 heteroatoms. The number of allylic oxidation sites excluding steroid dienone is 1. The molecular formula is C37H60O8. The summed E-state index contributed by atoms with van der Waals surface area (Å²) in [5.74, 6) is -1.26. The average Bonchev–Trinajstić information content (AvgIpc) is 2.96. The summed E-state index contributed by atoms with van der Waals surface area (Å²) in [6.45, 7) is 19.8. The van der Waals surface area contributed by atoms with E-state index in [2.05, 4.69) is 40.7 Å². The van der Waals surface area contributed by atoms with Crippen LogP contribution < -0.4 is 0 Å². The molecule has 1 unspecified atom stereocenters. The van der Waals surface area contributed by atoms with E-state index in [0.29, 0.717) is 18.8 Å². The molecule has 0 amide bonds. The van der Waals surface area contributed by atoms with Gasteiger partial charge in [-0.2, -0.15) is 0 Å². The van der Waals surface area contributed by atoms with Gasteiger partial charge in [0, 0.05) is 12.3 Å². The third-order valence-corrected chi connectivity index (χ3v) is 15.0. The van der Waals surface area contributed by atoms with Gasteiger partial charge >= 0.3 is 11.9 Å². The number of rotatable bonds is 5. The molecule has 0 aliphatic heterocycles. The number of hydrogen-bond acceptors (Lipinski definition) is 8. The first-order valence-electron chi connectivity index (χ1n) is 17.4. The Morgan fingerprint density at radius 1 is 0.933 bits per heavy atom. The number of carbonyl (C=O) groups excluding carboxylic acids is 2. The van der Waals surface area contributed by atoms with Gasteiger partial charge < -0.3 is 29.9 Å². The van der Waals surface area contributed by atoms with Crippen molar-refractivity contribution in [3.8, 4) is 0 Å². The lowest BCUT2D eigenvalue weighted by atomic mass is 9.32. The molecule has 0 aromatic carbocycles. The minimum atomic E-state index is -1.43. The van der Waals surface area contributed by atoms with Crippen molar-refractivity contribution in [1.82, 2.24) is 0 Å². The lowest BCUT2D eigenvalue weighted by Gasteiger charge is -2.73. The lowest BCUT2D eigenvalue weighted by molar-refractivity contribution is -0.292. The summed E-state index contributed by atoms with van der Waals surface area (Å²) >= 11 is 0. The van der Waals surface area contributed by atoms with Gasteiger partial charge in [-0.25, -0.2) is 0 Å². The molecule has 0 aromatic heterocycles. The normalized spacial score (nSPS) is 48.8. The van der Waals surface area contributed by atoms with Crippen LogP contribution in [0.25, 0.3) is 0 Å². The Bertz CT molecular complexity index is 1220. The molecule has 4 fully saturated rings. The van der Waals surface area contributed by atoms with Crippen LogP contribution in [0.4, 0.5) is 0 Å². The summed E-state index contributed by atoms with van der Waals surface area (Å²) in [5, 5.41) is 47.9. The monoisotopic (exact) mass is 632 g/mol. The van der Waals surface area contributed by atoms with Gasteiger partial charge in [0.05, 0.1) is 35.7 Å². The number of esters is 2. The molecule has 5 rings (SSSR count). The van der Waals surface area contributed by atoms with Crippen LogP contribution in [0, 0.1) is 56.2 Å². The van der Waals surface area contributed by atoms with Crippen LogP contribution in [-0.4, -0.2) is 69.5 Å². The second-order valence-electron chi connectivity index (χ2n) is 17.7. The summed E-state index contributed by atoms with van der Waals surface area (Å²) in [6, 6.07) is 0. The summed E-state index contributed by atoms with van der Waals surface area (Å²) < 4.78 is 11.9. The first-order chi connectivity index (χ1) is 20.7. The average molecular weight is 633 g/mol. The van der Waals surface area contributed by atoms with E-state index >= 15 is 0 Å². The number of aliphatic hydroxyl groups excluding tert-OH is 4. The molecule has 0 bridgehead atoms. The van der Waals surface area contributed by atoms with E-state index in [-0.39, 0.29) is 40.8 Å². The Morgan fingerprint density at radius 3 is 2.18 bits per heavy atom. The molecule has 0 saturated heterocycles. The quantitative estimate of drug-likeness (QED) is 0.240. The van der Waals surface area contributed by atoms with Gasteiger partial charge in [-0.1, -0.05) is 74.0 Å². The Morgan fingerprint density at radius 2 is 1.58 bits per heavy atom. The third-order valence-electron chi connectivity index (χ3n) is 15.0. The van der Waals surface area contributed by atoms with Gasteiger partial charge in [-0.05, 0) is 84.4 Å². The zero-order valence-electron chi connectivity index (χ0n) is 29.4. The standard InChI is InChI=1S/C37H60O8/c1-11-20(2)31(43)44-19-37-23(18-32(4,5)29(42)30(37)45-21(3)38)22-12-13-25-34(8)16-15-26(39)33(6,7)24(34)14-17-35(25,9)36(22,10)27(40)28(37)41/h12,20,23-30,39-42H,11,13-19H2,1-10H3/t20?,23-,24+,25-,26+,27+,28-,29+,30+,34+,35-,36+,37+/m1/s1. The highest BCUT2D eigenvalue weighted by atomic mass is 16.6. The van der Waals surface area contributed by atoms with Gasteiger partial charge in [-0.3, -0.25) is 9.59 Å². The van der Waals surface area contributed by atoms with Crippen molar-refractivity contribution in [2.24, 2.45) is 56.2 Å². The number of ether oxygens (including phenoxy) is 2. The van der Waals surface area contributed by atoms with Crippen LogP contribution in [0.2, 0.25) is 0 Å². The maximum atomic E-state index is 13.1. The Hall–Kier alpha value is -1.48. The van der Waals surface area contributed by atoms with Gasteiger partial charge in [0.2, 0.25) is 0 Å². The minimum Gasteiger partial charge on any atom is -0.465 e. The Labute approximate surface area is 270 Å². The molecule has 0 aromatic rings. The highest BCUT2D eigenvalue weighted by Crippen LogP contribution is 2.75. The molecule has 0 heterocycles. The van der Waals surface area contributed by atoms with Crippen LogP contribution in [0.3, 0.4) is 0 Å². The van der Waals surface area contributed by atoms with E-state index in [1.54, 1.807) is 6.92 Å². The Kier molecular flexibility index (Phi) is 8.54. The maximum Gasteiger partial charge on any atom is 0.308 e. The molecule has 13 atom stereocenters. The fraction of sp³-hybridized carbons (Fsp3) is 0.892. The third kappa shape index (κ3) is 4.58. The van der Waals surface area contributed by atoms with Gasteiger partial charge in [0.25, 0.3) is 0 Å². The molecule has 45 heavy (non-hydrogen) atoms. The van der Waals surface area contributed by atoms with Crippen molar-refractivity contribution in [3.05, 3.63) is 11.6 Å².